The summed E-state index contributed by atoms with van der Waals surface area (Å²) in [4.78, 5) is 12.9. The number of carbonyl (C=O) groups is 1. The van der Waals surface area contributed by atoms with Crippen LogP contribution in [-0.4, -0.2) is 34.8 Å². The molecule has 1 aromatic heterocycles. The quantitative estimate of drug-likeness (QED) is 0.707. The number of aromatic nitrogens is 1. The maximum Gasteiger partial charge on any atom is 0.490 e. The minimum absolute atomic E-state index is 0.253. The van der Waals surface area contributed by atoms with Crippen LogP contribution >= 0.6 is 0 Å². The molecular weight excluding hydrogens is 359 g/mol. The number of aliphatic carboxylic acids is 1. The fourth-order valence-corrected chi connectivity index (χ4v) is 2.15. The number of pyridine rings is 1. The molecule has 0 radical (unpaired) electrons. The van der Waals surface area contributed by atoms with E-state index in [1.807, 2.05) is 31.5 Å². The monoisotopic (exact) mass is 383 g/mol. The van der Waals surface area contributed by atoms with Crippen molar-refractivity contribution in [3.8, 4) is 11.1 Å². The summed E-state index contributed by atoms with van der Waals surface area (Å²) < 4.78 is 31.7. The molecule has 4 N–H and O–H groups in total. The lowest BCUT2D eigenvalue weighted by Gasteiger charge is -2.15. The van der Waals surface area contributed by atoms with Gasteiger partial charge >= 0.3 is 12.1 Å². The highest BCUT2D eigenvalue weighted by molar-refractivity contribution is 5.73. The van der Waals surface area contributed by atoms with Crippen molar-refractivity contribution in [1.82, 2.24) is 10.3 Å². The predicted octanol–water partition coefficient (Wildman–Crippen LogP) is 3.77. The molecule has 2 unspecified atom stereocenters. The Hall–Kier alpha value is -2.45. The molecule has 0 aliphatic heterocycles. The van der Waals surface area contributed by atoms with Gasteiger partial charge in [-0.05, 0) is 55.6 Å². The van der Waals surface area contributed by atoms with E-state index < -0.39 is 12.1 Å². The zero-order valence-corrected chi connectivity index (χ0v) is 15.2. The number of nitrogens with two attached hydrogens (primary N) is 1. The summed E-state index contributed by atoms with van der Waals surface area (Å²) in [7, 11) is 0. The standard InChI is InChI=1S/C17H23N3.C2HF3O2/c1-13(18)7-12-20-14(2)15-3-5-16(6-4-15)17-8-10-19-11-9-17;3-2(4,5)1(6)7/h3-6,8-11,13-14,20H,7,12,18H2,1-2H3;(H,6,7). The molecule has 0 fully saturated rings. The van der Waals surface area contributed by atoms with Crippen LogP contribution in [0.3, 0.4) is 0 Å². The Labute approximate surface area is 156 Å². The molecule has 27 heavy (non-hydrogen) atoms. The van der Waals surface area contributed by atoms with E-state index in [-0.39, 0.29) is 6.04 Å². The van der Waals surface area contributed by atoms with Crippen LogP contribution < -0.4 is 11.1 Å². The van der Waals surface area contributed by atoms with Gasteiger partial charge in [0.1, 0.15) is 0 Å². The van der Waals surface area contributed by atoms with Crippen LogP contribution in [-0.2, 0) is 4.79 Å². The number of rotatable bonds is 6. The van der Waals surface area contributed by atoms with Crippen molar-refractivity contribution in [1.29, 1.82) is 0 Å². The van der Waals surface area contributed by atoms with Gasteiger partial charge in [0.15, 0.2) is 0 Å². The van der Waals surface area contributed by atoms with Gasteiger partial charge in [-0.15, -0.1) is 0 Å². The fourth-order valence-electron chi connectivity index (χ4n) is 2.15. The number of nitrogens with zero attached hydrogens (tertiary/aromatic N) is 1. The Morgan fingerprint density at radius 3 is 2.04 bits per heavy atom. The van der Waals surface area contributed by atoms with Crippen molar-refractivity contribution >= 4 is 5.97 Å². The predicted molar refractivity (Wildman–Crippen MR) is 98.0 cm³/mol. The van der Waals surface area contributed by atoms with Crippen LogP contribution in [0, 0.1) is 0 Å². The number of alkyl halides is 3. The second-order valence-corrected chi connectivity index (χ2v) is 6.10. The molecule has 0 bridgehead atoms. The number of carboxylic acid groups (broad SMARTS) is 1. The van der Waals surface area contributed by atoms with Crippen molar-refractivity contribution in [3.05, 3.63) is 54.4 Å². The summed E-state index contributed by atoms with van der Waals surface area (Å²) in [5, 5.41) is 10.6. The second kappa shape index (κ2) is 10.6. The molecule has 8 heteroatoms. The normalized spacial score (nSPS) is 13.3. The van der Waals surface area contributed by atoms with Crippen molar-refractivity contribution < 1.29 is 23.1 Å². The van der Waals surface area contributed by atoms with E-state index >= 15 is 0 Å². The molecule has 1 heterocycles. The molecule has 2 atom stereocenters. The first kappa shape index (κ1) is 22.6. The topological polar surface area (TPSA) is 88.2 Å². The number of hydrogen-bond acceptors (Lipinski definition) is 4. The summed E-state index contributed by atoms with van der Waals surface area (Å²) in [6.07, 6.45) is -0.442. The SMILES string of the molecule is CC(N)CCNC(C)c1ccc(-c2ccncc2)cc1.O=C(O)C(F)(F)F. The Kier molecular flexibility index (Phi) is 8.90. The summed E-state index contributed by atoms with van der Waals surface area (Å²) in [5.74, 6) is -2.76. The maximum absolute atomic E-state index is 10.6. The molecule has 0 saturated heterocycles. The van der Waals surface area contributed by atoms with Gasteiger partial charge in [0.2, 0.25) is 0 Å². The van der Waals surface area contributed by atoms with Gasteiger partial charge in [-0.1, -0.05) is 24.3 Å². The molecule has 0 amide bonds. The van der Waals surface area contributed by atoms with Crippen LogP contribution in [0.5, 0.6) is 0 Å². The third kappa shape index (κ3) is 8.65. The zero-order chi connectivity index (χ0) is 20.4. The lowest BCUT2D eigenvalue weighted by atomic mass is 10.0. The largest absolute Gasteiger partial charge is 0.490 e. The molecule has 0 spiro atoms. The summed E-state index contributed by atoms with van der Waals surface area (Å²) in [5.41, 5.74) is 9.47. The van der Waals surface area contributed by atoms with Crippen LogP contribution in [0.25, 0.3) is 11.1 Å². The van der Waals surface area contributed by atoms with Crippen LogP contribution in [0.4, 0.5) is 13.2 Å². The first-order valence-electron chi connectivity index (χ1n) is 8.40. The van der Waals surface area contributed by atoms with E-state index in [1.165, 1.54) is 16.7 Å². The van der Waals surface area contributed by atoms with Gasteiger partial charge < -0.3 is 16.2 Å². The minimum Gasteiger partial charge on any atom is -0.475 e. The number of hydrogen-bond donors (Lipinski definition) is 3. The van der Waals surface area contributed by atoms with Gasteiger partial charge in [0, 0.05) is 24.5 Å². The van der Waals surface area contributed by atoms with E-state index in [4.69, 9.17) is 15.6 Å². The third-order valence-electron chi connectivity index (χ3n) is 3.72. The van der Waals surface area contributed by atoms with Gasteiger partial charge in [-0.3, -0.25) is 4.98 Å². The highest BCUT2D eigenvalue weighted by Crippen LogP contribution is 2.21. The Bertz CT molecular complexity index is 690. The van der Waals surface area contributed by atoms with Gasteiger partial charge in [-0.25, -0.2) is 4.79 Å². The molecule has 0 aliphatic rings. The maximum atomic E-state index is 10.6. The highest BCUT2D eigenvalue weighted by atomic mass is 19.4. The molecule has 2 rings (SSSR count). The average molecular weight is 383 g/mol. The van der Waals surface area contributed by atoms with Crippen LogP contribution in [0.2, 0.25) is 0 Å². The van der Waals surface area contributed by atoms with E-state index in [0.717, 1.165) is 13.0 Å². The van der Waals surface area contributed by atoms with Crippen LogP contribution in [0.15, 0.2) is 48.8 Å². The van der Waals surface area contributed by atoms with E-state index in [1.54, 1.807) is 0 Å². The number of benzene rings is 1. The lowest BCUT2D eigenvalue weighted by Crippen LogP contribution is -2.26. The molecule has 5 nitrogen and oxygen atoms in total. The third-order valence-corrected chi connectivity index (χ3v) is 3.72. The lowest BCUT2D eigenvalue weighted by molar-refractivity contribution is -0.192. The van der Waals surface area contributed by atoms with Gasteiger partial charge in [0.05, 0.1) is 0 Å². The molecule has 0 saturated carbocycles. The smallest absolute Gasteiger partial charge is 0.475 e. The zero-order valence-electron chi connectivity index (χ0n) is 15.2. The van der Waals surface area contributed by atoms with Gasteiger partial charge in [-0.2, -0.15) is 13.2 Å². The second-order valence-electron chi connectivity index (χ2n) is 6.10. The molecule has 2 aromatic rings. The number of carboxylic acids is 1. The van der Waals surface area contributed by atoms with E-state index in [0.29, 0.717) is 6.04 Å². The fraction of sp³-hybridized carbons (Fsp3) is 0.368. The Balaban J connectivity index is 0.000000445. The first-order chi connectivity index (χ1) is 12.6. The molecule has 1 aromatic carbocycles. The summed E-state index contributed by atoms with van der Waals surface area (Å²) in [6, 6.07) is 13.3. The highest BCUT2D eigenvalue weighted by Gasteiger charge is 2.38. The van der Waals surface area contributed by atoms with E-state index in [9.17, 15) is 13.2 Å². The van der Waals surface area contributed by atoms with Crippen LogP contribution in [0.1, 0.15) is 31.9 Å². The molecule has 0 aliphatic carbocycles. The average Bonchev–Trinajstić information content (AvgIpc) is 2.62. The van der Waals surface area contributed by atoms with Gasteiger partial charge in [0.25, 0.3) is 0 Å². The first-order valence-corrected chi connectivity index (χ1v) is 8.40. The summed E-state index contributed by atoms with van der Waals surface area (Å²) >= 11 is 0. The van der Waals surface area contributed by atoms with E-state index in [2.05, 4.69) is 41.5 Å². The molecule has 148 valence electrons. The minimum atomic E-state index is -5.08. The van der Waals surface area contributed by atoms with Crippen molar-refractivity contribution in [3.63, 3.8) is 0 Å². The Morgan fingerprint density at radius 1 is 1.11 bits per heavy atom. The Morgan fingerprint density at radius 2 is 1.59 bits per heavy atom. The number of halogens is 3. The van der Waals surface area contributed by atoms with Crippen molar-refractivity contribution in [2.45, 2.75) is 38.5 Å². The van der Waals surface area contributed by atoms with Crippen molar-refractivity contribution in [2.75, 3.05) is 6.54 Å². The molecular formula is C19H24F3N3O2. The summed E-state index contributed by atoms with van der Waals surface area (Å²) in [6.45, 7) is 5.17. The van der Waals surface area contributed by atoms with Crippen molar-refractivity contribution in [2.24, 2.45) is 5.73 Å². The number of nitrogens with one attached hydrogen (secondary N) is 1.